The highest BCUT2D eigenvalue weighted by molar-refractivity contribution is 9.10. The normalized spacial score (nSPS) is 15.0. The highest BCUT2D eigenvalue weighted by Gasteiger charge is 2.34. The van der Waals surface area contributed by atoms with Gasteiger partial charge in [0, 0.05) is 21.4 Å². The van der Waals surface area contributed by atoms with Crippen LogP contribution in [0.25, 0.3) is 0 Å². The number of carbonyl (C=O) groups excluding carboxylic acids is 1. The smallest absolute Gasteiger partial charge is 0.308 e. The summed E-state index contributed by atoms with van der Waals surface area (Å²) in [6.45, 7) is 10.7. The van der Waals surface area contributed by atoms with Gasteiger partial charge in [-0.05, 0) is 53.7 Å². The molecule has 1 N–H and O–H groups in total. The van der Waals surface area contributed by atoms with E-state index in [1.807, 2.05) is 0 Å². The zero-order valence-corrected chi connectivity index (χ0v) is 18.4. The van der Waals surface area contributed by atoms with E-state index < -0.39 is 39.5 Å². The number of ether oxygens (including phenoxy) is 1. The Labute approximate surface area is 165 Å². The Bertz CT molecular complexity index is 632. The van der Waals surface area contributed by atoms with Crippen LogP contribution >= 0.6 is 27.5 Å². The Morgan fingerprint density at radius 3 is 2.40 bits per heavy atom. The molecule has 0 aliphatic heterocycles. The summed E-state index contributed by atoms with van der Waals surface area (Å²) in [4.78, 5) is 12.3. The molecule has 0 saturated heterocycles. The average molecular weight is 457 g/mol. The third-order valence-corrected chi connectivity index (χ3v) is 5.71. The number of esters is 1. The minimum atomic E-state index is -1.49. The first-order valence-corrected chi connectivity index (χ1v) is 10.1. The maximum absolute atomic E-state index is 13.9. The van der Waals surface area contributed by atoms with Crippen molar-refractivity contribution < 1.29 is 18.5 Å². The van der Waals surface area contributed by atoms with E-state index in [1.54, 1.807) is 41.5 Å². The molecule has 4 nitrogen and oxygen atoms in total. The van der Waals surface area contributed by atoms with Gasteiger partial charge in [0.1, 0.15) is 16.2 Å². The van der Waals surface area contributed by atoms with Crippen LogP contribution in [0.3, 0.4) is 0 Å². The van der Waals surface area contributed by atoms with Crippen molar-refractivity contribution >= 4 is 44.9 Å². The Morgan fingerprint density at radius 1 is 1.36 bits per heavy atom. The molecule has 0 aliphatic rings. The molecule has 1 unspecified atom stereocenters. The van der Waals surface area contributed by atoms with Gasteiger partial charge in [-0.1, -0.05) is 27.5 Å². The molecule has 0 radical (unpaired) electrons. The van der Waals surface area contributed by atoms with Crippen LogP contribution in [0.5, 0.6) is 0 Å². The van der Waals surface area contributed by atoms with Crippen molar-refractivity contribution in [1.82, 2.24) is 4.72 Å². The van der Waals surface area contributed by atoms with E-state index in [1.165, 1.54) is 12.1 Å². The fourth-order valence-electron chi connectivity index (χ4n) is 1.92. The number of halogens is 3. The van der Waals surface area contributed by atoms with Gasteiger partial charge in [-0.15, -0.1) is 4.72 Å². The van der Waals surface area contributed by atoms with Gasteiger partial charge in [-0.2, -0.15) is 0 Å². The van der Waals surface area contributed by atoms with Crippen LogP contribution in [0.1, 0.15) is 59.6 Å². The third kappa shape index (κ3) is 7.06. The first kappa shape index (κ1) is 22.7. The van der Waals surface area contributed by atoms with Crippen LogP contribution in [0, 0.1) is 5.82 Å². The Balaban J connectivity index is 3.21. The van der Waals surface area contributed by atoms with Crippen molar-refractivity contribution in [2.75, 3.05) is 0 Å². The maximum atomic E-state index is 13.9. The minimum absolute atomic E-state index is 0.124. The summed E-state index contributed by atoms with van der Waals surface area (Å²) >= 11 is 7.95. The highest BCUT2D eigenvalue weighted by atomic mass is 79.9. The fraction of sp³-hybridized carbons (Fsp3) is 0.588. The van der Waals surface area contributed by atoms with Gasteiger partial charge in [-0.25, -0.2) is 4.39 Å². The average Bonchev–Trinajstić information content (AvgIpc) is 2.40. The van der Waals surface area contributed by atoms with Crippen LogP contribution in [0.2, 0.25) is 5.02 Å². The topological polar surface area (TPSA) is 61.4 Å². The Hall–Kier alpha value is -0.340. The summed E-state index contributed by atoms with van der Waals surface area (Å²) in [5.74, 6) is -1.11. The Kier molecular flexibility index (Phi) is 7.78. The van der Waals surface area contributed by atoms with Crippen LogP contribution in [0.15, 0.2) is 16.6 Å². The summed E-state index contributed by atoms with van der Waals surface area (Å²) in [6.07, 6.45) is -0.138. The van der Waals surface area contributed by atoms with E-state index >= 15 is 0 Å². The lowest BCUT2D eigenvalue weighted by Gasteiger charge is -2.29. The molecule has 0 aliphatic carbocycles. The van der Waals surface area contributed by atoms with E-state index in [9.17, 15) is 13.7 Å². The molecular formula is C17H24BrClFNO3S. The molecule has 0 amide bonds. The van der Waals surface area contributed by atoms with E-state index in [2.05, 4.69) is 20.7 Å². The molecule has 1 rings (SSSR count). The fourth-order valence-corrected chi connectivity index (χ4v) is 3.75. The molecular weight excluding hydrogens is 433 g/mol. The number of carbonyl (C=O) groups is 1. The van der Waals surface area contributed by atoms with Gasteiger partial charge in [0.05, 0.1) is 17.5 Å². The molecule has 25 heavy (non-hydrogen) atoms. The molecule has 0 heterocycles. The molecule has 0 saturated carbocycles. The van der Waals surface area contributed by atoms with Crippen LogP contribution in [-0.2, 0) is 20.9 Å². The van der Waals surface area contributed by atoms with Crippen LogP contribution in [0.4, 0.5) is 4.39 Å². The first-order valence-electron chi connectivity index (χ1n) is 7.75. The van der Waals surface area contributed by atoms with E-state index in [0.717, 1.165) is 0 Å². The molecule has 1 aromatic rings. The number of benzene rings is 1. The van der Waals surface area contributed by atoms with Gasteiger partial charge in [-0.3, -0.25) is 4.79 Å². The molecule has 0 aromatic heterocycles. The summed E-state index contributed by atoms with van der Waals surface area (Å²) in [6, 6.07) is 1.95. The number of nitrogens with one attached hydrogen (secondary N) is 1. The van der Waals surface area contributed by atoms with Crippen molar-refractivity contribution in [2.45, 2.75) is 64.4 Å². The quantitative estimate of drug-likeness (QED) is 0.382. The second-order valence-electron chi connectivity index (χ2n) is 7.60. The lowest BCUT2D eigenvalue weighted by atomic mass is 10.0. The molecule has 0 fully saturated rings. The zero-order chi connectivity index (χ0) is 19.6. The second-order valence-corrected chi connectivity index (χ2v) is 10.8. The van der Waals surface area contributed by atoms with Crippen molar-refractivity contribution in [3.63, 3.8) is 0 Å². The summed E-state index contributed by atoms with van der Waals surface area (Å²) in [5.41, 5.74) is -0.321. The number of hydrogen-bond acceptors (Lipinski definition) is 4. The van der Waals surface area contributed by atoms with Gasteiger partial charge >= 0.3 is 5.97 Å². The predicted octanol–water partition coefficient (Wildman–Crippen LogP) is 5.07. The van der Waals surface area contributed by atoms with Crippen molar-refractivity contribution in [3.05, 3.63) is 33.0 Å². The van der Waals surface area contributed by atoms with Crippen molar-refractivity contribution in [2.24, 2.45) is 0 Å². The van der Waals surface area contributed by atoms with E-state index in [-0.39, 0.29) is 11.4 Å². The van der Waals surface area contributed by atoms with Crippen LogP contribution < -0.4 is 4.72 Å². The number of rotatable bonds is 5. The second kappa shape index (κ2) is 8.57. The zero-order valence-electron chi connectivity index (χ0n) is 15.2. The monoisotopic (exact) mass is 455 g/mol. The molecule has 0 spiro atoms. The van der Waals surface area contributed by atoms with Gasteiger partial charge in [0.25, 0.3) is 0 Å². The van der Waals surface area contributed by atoms with E-state index in [4.69, 9.17) is 16.3 Å². The van der Waals surface area contributed by atoms with E-state index in [0.29, 0.717) is 10.0 Å². The molecule has 142 valence electrons. The molecule has 0 bridgehead atoms. The minimum Gasteiger partial charge on any atom is -0.598 e. The third-order valence-electron chi connectivity index (χ3n) is 3.02. The lowest BCUT2D eigenvalue weighted by Crippen LogP contribution is -2.42. The standard InChI is InChI=1S/C17H24BrClFNO3S/c1-16(2,3)24-13(22)9-12(21-25(23)17(4,5)6)14-10(18)7-8-11(20)15(14)19/h7-8,12,21H,9H2,1-6H3/t12-,25?/m1/s1. The molecule has 2 atom stereocenters. The largest absolute Gasteiger partial charge is 0.598 e. The highest BCUT2D eigenvalue weighted by Crippen LogP contribution is 2.36. The summed E-state index contributed by atoms with van der Waals surface area (Å²) < 4.78 is 34.6. The van der Waals surface area contributed by atoms with Gasteiger partial charge in [0.2, 0.25) is 0 Å². The lowest BCUT2D eigenvalue weighted by molar-refractivity contribution is -0.155. The molecule has 1 aromatic carbocycles. The summed E-state index contributed by atoms with van der Waals surface area (Å²) in [5, 5.41) is -0.124. The number of hydrogen-bond donors (Lipinski definition) is 1. The van der Waals surface area contributed by atoms with Gasteiger partial charge in [0.15, 0.2) is 0 Å². The van der Waals surface area contributed by atoms with Crippen molar-refractivity contribution in [1.29, 1.82) is 0 Å². The first-order chi connectivity index (χ1) is 11.2. The maximum Gasteiger partial charge on any atom is 0.308 e. The Morgan fingerprint density at radius 2 is 1.92 bits per heavy atom. The molecule has 8 heteroatoms. The summed E-state index contributed by atoms with van der Waals surface area (Å²) in [7, 11) is 0. The van der Waals surface area contributed by atoms with Gasteiger partial charge < -0.3 is 9.29 Å². The van der Waals surface area contributed by atoms with Crippen LogP contribution in [-0.4, -0.2) is 20.9 Å². The van der Waals surface area contributed by atoms with Crippen molar-refractivity contribution in [3.8, 4) is 0 Å². The SMILES string of the molecule is CC(C)(C)OC(=O)C[C@@H](N[S+]([O-])C(C)(C)C)c1c(Br)ccc(F)c1Cl. The predicted molar refractivity (Wildman–Crippen MR) is 103 cm³/mol.